The molecule has 1 aliphatic rings. The summed E-state index contributed by atoms with van der Waals surface area (Å²) in [4.78, 5) is 11.9. The molecule has 0 aliphatic heterocycles. The fourth-order valence-corrected chi connectivity index (χ4v) is 5.96. The van der Waals surface area contributed by atoms with Crippen molar-refractivity contribution in [2.45, 2.75) is 84.1 Å². The Morgan fingerprint density at radius 2 is 1.43 bits per heavy atom. The summed E-state index contributed by atoms with van der Waals surface area (Å²) in [7, 11) is -1.81. The van der Waals surface area contributed by atoms with E-state index in [0.717, 1.165) is 19.3 Å². The Morgan fingerprint density at radius 1 is 0.957 bits per heavy atom. The third kappa shape index (κ3) is 7.07. The monoisotopic (exact) mass is 360 g/mol. The molecule has 0 aromatic carbocycles. The van der Waals surface area contributed by atoms with Gasteiger partial charge in [-0.05, 0) is 64.0 Å². The Kier molecular flexibility index (Phi) is 7.50. The van der Waals surface area contributed by atoms with Crippen LogP contribution < -0.4 is 0 Å². The second-order valence-electron chi connectivity index (χ2n) is 8.67. The number of hydrogen-bond donors (Lipinski definition) is 0. The molecule has 0 heterocycles. The number of hydrogen-bond acceptors (Lipinski definition) is 4. The molecule has 0 N–H and O–H groups in total. The lowest BCUT2D eigenvalue weighted by atomic mass is 9.87. The number of carbonyl (C=O) groups excluding carboxylic acids is 1. The van der Waals surface area contributed by atoms with Gasteiger partial charge in [0.05, 0.1) is 25.7 Å². The number of methoxy groups -OCH3 is 1. The minimum atomic E-state index is -1.66. The predicted octanol–water partition coefficient (Wildman–Crippen LogP) is 4.43. The van der Waals surface area contributed by atoms with Crippen LogP contribution in [0.25, 0.3) is 0 Å². The van der Waals surface area contributed by atoms with E-state index in [1.807, 2.05) is 0 Å². The maximum Gasteiger partial charge on any atom is 0.305 e. The van der Waals surface area contributed by atoms with Crippen molar-refractivity contribution in [1.29, 1.82) is 0 Å². The molecule has 0 spiro atoms. The summed E-state index contributed by atoms with van der Waals surface area (Å²) in [6.07, 6.45) is 3.90. The van der Waals surface area contributed by atoms with Crippen LogP contribution >= 0.6 is 0 Å². The van der Waals surface area contributed by atoms with Gasteiger partial charge in [-0.25, -0.2) is 0 Å². The molecule has 0 bridgehead atoms. The van der Waals surface area contributed by atoms with E-state index in [-0.39, 0.29) is 24.1 Å². The van der Waals surface area contributed by atoms with Crippen LogP contribution in [0.3, 0.4) is 0 Å². The first-order chi connectivity index (χ1) is 10.5. The van der Waals surface area contributed by atoms with Gasteiger partial charge in [0.25, 0.3) is 0 Å². The van der Waals surface area contributed by atoms with Crippen LogP contribution in [-0.4, -0.2) is 41.9 Å². The van der Waals surface area contributed by atoms with Gasteiger partial charge >= 0.3 is 5.97 Å². The molecular weight excluding hydrogens is 324 g/mol. The molecular formula is C17H36O4Si2. The van der Waals surface area contributed by atoms with Crippen LogP contribution in [0.2, 0.25) is 39.3 Å². The lowest BCUT2D eigenvalue weighted by Crippen LogP contribution is -2.36. The maximum absolute atomic E-state index is 11.9. The van der Waals surface area contributed by atoms with E-state index in [9.17, 15) is 4.79 Å². The number of esters is 1. The summed E-state index contributed by atoms with van der Waals surface area (Å²) in [5, 5.41) is 0. The third-order valence-corrected chi connectivity index (χ3v) is 6.25. The third-order valence-electron chi connectivity index (χ3n) is 4.23. The molecule has 0 unspecified atom stereocenters. The topological polar surface area (TPSA) is 44.8 Å². The van der Waals surface area contributed by atoms with E-state index < -0.39 is 16.6 Å². The second-order valence-corrected chi connectivity index (χ2v) is 17.6. The van der Waals surface area contributed by atoms with Gasteiger partial charge in [-0.2, -0.15) is 0 Å². The Bertz CT molecular complexity index is 387. The highest BCUT2D eigenvalue weighted by atomic mass is 28.4. The molecule has 4 atom stereocenters. The van der Waals surface area contributed by atoms with Crippen molar-refractivity contribution >= 4 is 22.6 Å². The van der Waals surface area contributed by atoms with Gasteiger partial charge in [0.1, 0.15) is 0 Å². The van der Waals surface area contributed by atoms with E-state index in [4.69, 9.17) is 13.6 Å². The van der Waals surface area contributed by atoms with Gasteiger partial charge < -0.3 is 13.6 Å². The Morgan fingerprint density at radius 3 is 1.83 bits per heavy atom. The van der Waals surface area contributed by atoms with Gasteiger partial charge in [0, 0.05) is 0 Å². The van der Waals surface area contributed by atoms with Gasteiger partial charge in [-0.1, -0.05) is 13.3 Å². The van der Waals surface area contributed by atoms with Crippen molar-refractivity contribution in [3.8, 4) is 0 Å². The second kappa shape index (κ2) is 8.27. The maximum atomic E-state index is 11.9. The zero-order valence-corrected chi connectivity index (χ0v) is 18.3. The van der Waals surface area contributed by atoms with Gasteiger partial charge in [-0.3, -0.25) is 4.79 Å². The number of rotatable bonds is 8. The van der Waals surface area contributed by atoms with Crippen LogP contribution in [0.4, 0.5) is 0 Å². The average molecular weight is 361 g/mol. The molecule has 0 radical (unpaired) electrons. The standard InChI is InChI=1S/C17H36O4Si2/c1-9-10-13-14(11-17(18)19-2)16(21-23(6,7)8)12-15(13)20-22(3,4)5/h13-16H,9-12H2,1-8H3/t13-,14+,15+,16+/m0/s1. The Labute approximate surface area is 144 Å². The normalized spacial score (nSPS) is 28.9. The lowest BCUT2D eigenvalue weighted by molar-refractivity contribution is -0.143. The van der Waals surface area contributed by atoms with Crippen molar-refractivity contribution in [2.75, 3.05) is 7.11 Å². The summed E-state index contributed by atoms with van der Waals surface area (Å²) in [6.45, 7) is 15.5. The fraction of sp³-hybridized carbons (Fsp3) is 0.941. The van der Waals surface area contributed by atoms with Gasteiger partial charge in [0.15, 0.2) is 16.6 Å². The first-order valence-corrected chi connectivity index (χ1v) is 15.7. The highest BCUT2D eigenvalue weighted by molar-refractivity contribution is 6.70. The van der Waals surface area contributed by atoms with Crippen molar-refractivity contribution in [3.63, 3.8) is 0 Å². The highest BCUT2D eigenvalue weighted by Gasteiger charge is 2.47. The van der Waals surface area contributed by atoms with E-state index in [1.54, 1.807) is 0 Å². The average Bonchev–Trinajstić information content (AvgIpc) is 2.64. The summed E-state index contributed by atoms with van der Waals surface area (Å²) < 4.78 is 17.9. The molecule has 0 amide bonds. The van der Waals surface area contributed by atoms with Crippen LogP contribution in [0.5, 0.6) is 0 Å². The number of ether oxygens (including phenoxy) is 1. The molecule has 6 heteroatoms. The molecule has 1 aliphatic carbocycles. The van der Waals surface area contributed by atoms with Crippen LogP contribution in [0, 0.1) is 11.8 Å². The summed E-state index contributed by atoms with van der Waals surface area (Å²) in [6, 6.07) is 0. The van der Waals surface area contributed by atoms with Crippen LogP contribution in [-0.2, 0) is 18.4 Å². The zero-order chi connectivity index (χ0) is 17.8. The van der Waals surface area contributed by atoms with Crippen molar-refractivity contribution in [1.82, 2.24) is 0 Å². The summed E-state index contributed by atoms with van der Waals surface area (Å²) in [5.74, 6) is 0.483. The predicted molar refractivity (Wildman–Crippen MR) is 99.6 cm³/mol. The molecule has 1 fully saturated rings. The van der Waals surface area contributed by atoms with Gasteiger partial charge in [0.2, 0.25) is 0 Å². The summed E-state index contributed by atoms with van der Waals surface area (Å²) in [5.41, 5.74) is 0. The molecule has 136 valence electrons. The van der Waals surface area contributed by atoms with E-state index in [2.05, 4.69) is 46.2 Å². The molecule has 0 saturated heterocycles. The molecule has 4 nitrogen and oxygen atoms in total. The molecule has 0 aromatic heterocycles. The summed E-state index contributed by atoms with van der Waals surface area (Å²) >= 11 is 0. The highest BCUT2D eigenvalue weighted by Crippen LogP contribution is 2.43. The smallest absolute Gasteiger partial charge is 0.305 e. The quantitative estimate of drug-likeness (QED) is 0.474. The minimum absolute atomic E-state index is 0.124. The minimum Gasteiger partial charge on any atom is -0.469 e. The van der Waals surface area contributed by atoms with E-state index in [1.165, 1.54) is 7.11 Å². The molecule has 0 aromatic rings. The zero-order valence-electron chi connectivity index (χ0n) is 16.3. The van der Waals surface area contributed by atoms with E-state index in [0.29, 0.717) is 12.3 Å². The van der Waals surface area contributed by atoms with E-state index >= 15 is 0 Å². The van der Waals surface area contributed by atoms with Crippen LogP contribution in [0.1, 0.15) is 32.6 Å². The Hall–Kier alpha value is -0.176. The molecule has 23 heavy (non-hydrogen) atoms. The first-order valence-electron chi connectivity index (χ1n) is 8.89. The van der Waals surface area contributed by atoms with Crippen molar-refractivity contribution in [3.05, 3.63) is 0 Å². The molecule has 1 rings (SSSR count). The Balaban J connectivity index is 2.99. The number of carbonyl (C=O) groups is 1. The largest absolute Gasteiger partial charge is 0.469 e. The SMILES string of the molecule is CCC[C@H]1[C@@H](CC(=O)OC)[C@H](O[Si](C)(C)C)C[C@H]1O[Si](C)(C)C. The molecule has 1 saturated carbocycles. The van der Waals surface area contributed by atoms with Crippen molar-refractivity contribution < 1.29 is 18.4 Å². The lowest BCUT2D eigenvalue weighted by Gasteiger charge is -2.30. The first kappa shape index (κ1) is 20.9. The van der Waals surface area contributed by atoms with Crippen LogP contribution in [0.15, 0.2) is 0 Å². The van der Waals surface area contributed by atoms with Gasteiger partial charge in [-0.15, -0.1) is 0 Å². The fourth-order valence-electron chi connectivity index (χ4n) is 3.60. The van der Waals surface area contributed by atoms with Crippen molar-refractivity contribution in [2.24, 2.45) is 11.8 Å².